The van der Waals surface area contributed by atoms with E-state index in [0.717, 1.165) is 11.0 Å². The van der Waals surface area contributed by atoms with Gasteiger partial charge in [-0.1, -0.05) is 46.0 Å². The minimum absolute atomic E-state index is 0.412. The van der Waals surface area contributed by atoms with Gasteiger partial charge in [0.2, 0.25) is 0 Å². The predicted molar refractivity (Wildman–Crippen MR) is 86.3 cm³/mol. The minimum atomic E-state index is 0.412. The van der Waals surface area contributed by atoms with E-state index in [1.165, 1.54) is 50.6 Å². The number of hydrogen-bond acceptors (Lipinski definition) is 2. The maximum Gasteiger partial charge on any atom is 0.0574 e. The van der Waals surface area contributed by atoms with Crippen LogP contribution in [0.25, 0.3) is 0 Å². The van der Waals surface area contributed by atoms with Crippen LogP contribution in [0.4, 0.5) is 0 Å². The van der Waals surface area contributed by atoms with Crippen LogP contribution in [-0.4, -0.2) is 11.5 Å². The van der Waals surface area contributed by atoms with Crippen molar-refractivity contribution in [2.45, 2.75) is 64.8 Å². The first kappa shape index (κ1) is 16.6. The number of nitrogens with one attached hydrogen (secondary N) is 1. The molecule has 108 valence electrons. The van der Waals surface area contributed by atoms with E-state index in [1.54, 1.807) is 0 Å². The molecule has 0 aliphatic rings. The number of hydrogen-bond donors (Lipinski definition) is 1. The molecule has 0 fully saturated rings. The van der Waals surface area contributed by atoms with Gasteiger partial charge in [-0.25, -0.2) is 0 Å². The molecule has 0 aromatic carbocycles. The zero-order chi connectivity index (χ0) is 13.9. The van der Waals surface area contributed by atoms with Crippen molar-refractivity contribution in [2.24, 2.45) is 0 Å². The first-order chi connectivity index (χ1) is 9.27. The summed E-state index contributed by atoms with van der Waals surface area (Å²) in [4.78, 5) is 4.54. The van der Waals surface area contributed by atoms with E-state index in [0.29, 0.717) is 6.04 Å². The van der Waals surface area contributed by atoms with Gasteiger partial charge in [-0.2, -0.15) is 0 Å². The Balaban J connectivity index is 2.44. The monoisotopic (exact) mass is 326 g/mol. The molecule has 1 heterocycles. The van der Waals surface area contributed by atoms with Crippen LogP contribution >= 0.6 is 15.9 Å². The Bertz CT molecular complexity index is 324. The normalized spacial score (nSPS) is 12.6. The summed E-state index contributed by atoms with van der Waals surface area (Å²) in [5, 5.41) is 3.62. The summed E-state index contributed by atoms with van der Waals surface area (Å²) in [5.74, 6) is 0. The highest BCUT2D eigenvalue weighted by atomic mass is 79.9. The number of unbranched alkanes of at least 4 members (excludes halogenated alkanes) is 4. The van der Waals surface area contributed by atoms with Crippen LogP contribution in [0.3, 0.4) is 0 Å². The molecular formula is C16H27BrN2. The molecule has 0 saturated heterocycles. The molecule has 1 unspecified atom stereocenters. The molecule has 0 spiro atoms. The zero-order valence-electron chi connectivity index (χ0n) is 12.3. The molecule has 1 aromatic rings. The third-order valence-corrected chi connectivity index (χ3v) is 3.81. The SMILES string of the molecule is CCCCCCCC(NCCC)c1ccc(Br)cn1. The average Bonchev–Trinajstić information content (AvgIpc) is 2.43. The second-order valence-corrected chi connectivity index (χ2v) is 6.03. The number of halogens is 1. The van der Waals surface area contributed by atoms with E-state index in [9.17, 15) is 0 Å². The molecule has 1 rings (SSSR count). The largest absolute Gasteiger partial charge is 0.309 e. The van der Waals surface area contributed by atoms with Crippen LogP contribution in [0.5, 0.6) is 0 Å². The molecule has 1 aromatic heterocycles. The summed E-state index contributed by atoms with van der Waals surface area (Å²) >= 11 is 3.45. The van der Waals surface area contributed by atoms with Gasteiger partial charge in [-0.3, -0.25) is 4.98 Å². The molecule has 2 nitrogen and oxygen atoms in total. The Hall–Kier alpha value is -0.410. The Morgan fingerprint density at radius 1 is 1.11 bits per heavy atom. The number of aromatic nitrogens is 1. The van der Waals surface area contributed by atoms with Crippen molar-refractivity contribution in [1.29, 1.82) is 0 Å². The van der Waals surface area contributed by atoms with Gasteiger partial charge >= 0.3 is 0 Å². The summed E-state index contributed by atoms with van der Waals surface area (Å²) in [6.45, 7) is 5.54. The van der Waals surface area contributed by atoms with E-state index in [1.807, 2.05) is 6.20 Å². The van der Waals surface area contributed by atoms with E-state index in [4.69, 9.17) is 0 Å². The highest BCUT2D eigenvalue weighted by Crippen LogP contribution is 2.20. The lowest BCUT2D eigenvalue weighted by Gasteiger charge is -2.18. The summed E-state index contributed by atoms with van der Waals surface area (Å²) in [5.41, 5.74) is 1.17. The first-order valence-corrected chi connectivity index (χ1v) is 8.42. The molecule has 0 saturated carbocycles. The van der Waals surface area contributed by atoms with Crippen molar-refractivity contribution < 1.29 is 0 Å². The second-order valence-electron chi connectivity index (χ2n) is 5.11. The van der Waals surface area contributed by atoms with Crippen LogP contribution < -0.4 is 5.32 Å². The van der Waals surface area contributed by atoms with Gasteiger partial charge in [0, 0.05) is 16.7 Å². The Morgan fingerprint density at radius 3 is 2.53 bits per heavy atom. The van der Waals surface area contributed by atoms with Gasteiger partial charge in [-0.05, 0) is 47.4 Å². The van der Waals surface area contributed by atoms with Crippen molar-refractivity contribution in [3.05, 3.63) is 28.5 Å². The van der Waals surface area contributed by atoms with Crippen LogP contribution in [0.15, 0.2) is 22.8 Å². The van der Waals surface area contributed by atoms with E-state index in [2.05, 4.69) is 52.2 Å². The summed E-state index contributed by atoms with van der Waals surface area (Å²) in [6, 6.07) is 4.62. The number of nitrogens with zero attached hydrogens (tertiary/aromatic N) is 1. The van der Waals surface area contributed by atoms with Gasteiger partial charge in [0.25, 0.3) is 0 Å². The van der Waals surface area contributed by atoms with Crippen molar-refractivity contribution >= 4 is 15.9 Å². The molecule has 0 aliphatic heterocycles. The maximum absolute atomic E-state index is 4.54. The first-order valence-electron chi connectivity index (χ1n) is 7.62. The van der Waals surface area contributed by atoms with E-state index in [-0.39, 0.29) is 0 Å². The molecule has 0 aliphatic carbocycles. The quantitative estimate of drug-likeness (QED) is 0.594. The average molecular weight is 327 g/mol. The standard InChI is InChI=1S/C16H27BrN2/c1-3-5-6-7-8-9-15(18-12-4-2)16-11-10-14(17)13-19-16/h10-11,13,15,18H,3-9,12H2,1-2H3. The van der Waals surface area contributed by atoms with Gasteiger partial charge in [-0.15, -0.1) is 0 Å². The van der Waals surface area contributed by atoms with E-state index >= 15 is 0 Å². The lowest BCUT2D eigenvalue weighted by atomic mass is 10.0. The fraction of sp³-hybridized carbons (Fsp3) is 0.688. The van der Waals surface area contributed by atoms with Gasteiger partial charge in [0.1, 0.15) is 0 Å². The van der Waals surface area contributed by atoms with Crippen molar-refractivity contribution in [3.8, 4) is 0 Å². The number of rotatable bonds is 10. The molecule has 0 amide bonds. The van der Waals surface area contributed by atoms with Crippen molar-refractivity contribution in [3.63, 3.8) is 0 Å². The Morgan fingerprint density at radius 2 is 1.89 bits per heavy atom. The van der Waals surface area contributed by atoms with Crippen molar-refractivity contribution in [2.75, 3.05) is 6.54 Å². The van der Waals surface area contributed by atoms with Crippen LogP contribution in [-0.2, 0) is 0 Å². The fourth-order valence-electron chi connectivity index (χ4n) is 2.22. The summed E-state index contributed by atoms with van der Waals surface area (Å²) in [6.07, 6.45) is 10.9. The molecule has 0 radical (unpaired) electrons. The third kappa shape index (κ3) is 7.07. The zero-order valence-corrected chi connectivity index (χ0v) is 13.9. The van der Waals surface area contributed by atoms with Crippen LogP contribution in [0.1, 0.15) is 70.5 Å². The lowest BCUT2D eigenvalue weighted by molar-refractivity contribution is 0.459. The summed E-state index contributed by atoms with van der Waals surface area (Å²) in [7, 11) is 0. The molecule has 19 heavy (non-hydrogen) atoms. The Kier molecular flexibility index (Phi) is 9.10. The highest BCUT2D eigenvalue weighted by Gasteiger charge is 2.11. The highest BCUT2D eigenvalue weighted by molar-refractivity contribution is 9.10. The second kappa shape index (κ2) is 10.4. The fourth-order valence-corrected chi connectivity index (χ4v) is 2.45. The van der Waals surface area contributed by atoms with Gasteiger partial charge in [0.15, 0.2) is 0 Å². The van der Waals surface area contributed by atoms with Crippen LogP contribution in [0, 0.1) is 0 Å². The molecular weight excluding hydrogens is 300 g/mol. The maximum atomic E-state index is 4.54. The molecule has 1 atom stereocenters. The smallest absolute Gasteiger partial charge is 0.0574 e. The Labute approximate surface area is 126 Å². The number of pyridine rings is 1. The van der Waals surface area contributed by atoms with Gasteiger partial charge in [0.05, 0.1) is 5.69 Å². The van der Waals surface area contributed by atoms with Gasteiger partial charge < -0.3 is 5.32 Å². The molecule has 1 N–H and O–H groups in total. The molecule has 3 heteroatoms. The minimum Gasteiger partial charge on any atom is -0.309 e. The van der Waals surface area contributed by atoms with Crippen molar-refractivity contribution in [1.82, 2.24) is 10.3 Å². The third-order valence-electron chi connectivity index (χ3n) is 3.34. The lowest BCUT2D eigenvalue weighted by Crippen LogP contribution is -2.23. The predicted octanol–water partition coefficient (Wildman–Crippen LogP) is 5.25. The molecule has 0 bridgehead atoms. The van der Waals surface area contributed by atoms with E-state index < -0.39 is 0 Å². The topological polar surface area (TPSA) is 24.9 Å². The van der Waals surface area contributed by atoms with Crippen LogP contribution in [0.2, 0.25) is 0 Å². The summed E-state index contributed by atoms with van der Waals surface area (Å²) < 4.78 is 1.05.